The van der Waals surface area contributed by atoms with Crippen molar-refractivity contribution in [3.63, 3.8) is 0 Å². The van der Waals surface area contributed by atoms with Crippen LogP contribution in [0.5, 0.6) is 0 Å². The number of carbonyl (C=O) groups excluding carboxylic acids is 2. The van der Waals surface area contributed by atoms with Crippen molar-refractivity contribution in [1.82, 2.24) is 19.6 Å². The first kappa shape index (κ1) is 14.8. The molecule has 0 fully saturated rings. The normalized spacial score (nSPS) is 10.9. The van der Waals surface area contributed by atoms with Gasteiger partial charge in [0.2, 0.25) is 0 Å². The molecule has 0 atom stereocenters. The van der Waals surface area contributed by atoms with E-state index < -0.39 is 12.1 Å². The molecule has 2 rings (SSSR count). The van der Waals surface area contributed by atoms with E-state index in [9.17, 15) is 9.59 Å². The third kappa shape index (κ3) is 2.39. The van der Waals surface area contributed by atoms with Gasteiger partial charge in [0.1, 0.15) is 0 Å². The van der Waals surface area contributed by atoms with Gasteiger partial charge in [0.25, 0.3) is 0 Å². The fourth-order valence-corrected chi connectivity index (χ4v) is 2.47. The molecule has 112 valence electrons. The lowest BCUT2D eigenvalue weighted by Gasteiger charge is -2.04. The molecule has 0 aliphatic rings. The predicted octanol–water partition coefficient (Wildman–Crippen LogP) is 0.758. The molecule has 2 aromatic heterocycles. The fourth-order valence-electron chi connectivity index (χ4n) is 2.47. The van der Waals surface area contributed by atoms with Gasteiger partial charge in [-0.25, -0.2) is 9.59 Å². The van der Waals surface area contributed by atoms with E-state index in [0.29, 0.717) is 17.8 Å². The topological polar surface area (TPSA) is 122 Å². The van der Waals surface area contributed by atoms with Crippen LogP contribution in [-0.2, 0) is 6.42 Å². The highest BCUT2D eigenvalue weighted by Crippen LogP contribution is 2.22. The average Bonchev–Trinajstić information content (AvgIpc) is 2.82. The lowest BCUT2D eigenvalue weighted by Crippen LogP contribution is -2.22. The van der Waals surface area contributed by atoms with E-state index in [-0.39, 0.29) is 0 Å². The van der Waals surface area contributed by atoms with E-state index in [1.807, 2.05) is 13.8 Å². The van der Waals surface area contributed by atoms with Gasteiger partial charge in [-0.05, 0) is 27.7 Å². The Kier molecular flexibility index (Phi) is 3.54. The molecule has 0 saturated heterocycles. The zero-order valence-electron chi connectivity index (χ0n) is 12.5. The van der Waals surface area contributed by atoms with Gasteiger partial charge in [0.15, 0.2) is 0 Å². The SMILES string of the molecule is Cc1nn(C(N)=O)c(C)c1Cc1c(C)nn(C(N)=O)c1C. The summed E-state index contributed by atoms with van der Waals surface area (Å²) in [7, 11) is 0. The Bertz CT molecular complexity index is 678. The number of nitrogens with zero attached hydrogens (tertiary/aromatic N) is 4. The van der Waals surface area contributed by atoms with Crippen LogP contribution in [0.15, 0.2) is 0 Å². The summed E-state index contributed by atoms with van der Waals surface area (Å²) in [6.45, 7) is 7.18. The molecule has 0 unspecified atom stereocenters. The largest absolute Gasteiger partial charge is 0.350 e. The monoisotopic (exact) mass is 290 g/mol. The van der Waals surface area contributed by atoms with Crippen molar-refractivity contribution in [3.05, 3.63) is 33.9 Å². The van der Waals surface area contributed by atoms with Gasteiger partial charge >= 0.3 is 12.1 Å². The molecule has 21 heavy (non-hydrogen) atoms. The Hall–Kier alpha value is -2.64. The first-order valence-electron chi connectivity index (χ1n) is 6.43. The van der Waals surface area contributed by atoms with Gasteiger partial charge in [-0.3, -0.25) is 0 Å². The summed E-state index contributed by atoms with van der Waals surface area (Å²) in [5.41, 5.74) is 15.2. The molecule has 0 aromatic carbocycles. The van der Waals surface area contributed by atoms with Crippen LogP contribution in [0.1, 0.15) is 33.9 Å². The van der Waals surface area contributed by atoms with Crippen LogP contribution < -0.4 is 11.5 Å². The molecule has 0 saturated carbocycles. The highest BCUT2D eigenvalue weighted by molar-refractivity contribution is 5.75. The van der Waals surface area contributed by atoms with Gasteiger partial charge in [-0.2, -0.15) is 19.6 Å². The first-order valence-corrected chi connectivity index (χ1v) is 6.43. The number of primary amides is 2. The summed E-state index contributed by atoms with van der Waals surface area (Å²) in [5, 5.41) is 8.26. The van der Waals surface area contributed by atoms with E-state index in [0.717, 1.165) is 22.5 Å². The second kappa shape index (κ2) is 5.04. The van der Waals surface area contributed by atoms with E-state index in [1.165, 1.54) is 9.36 Å². The Balaban J connectivity index is 2.49. The predicted molar refractivity (Wildman–Crippen MR) is 76.2 cm³/mol. The quantitative estimate of drug-likeness (QED) is 0.847. The van der Waals surface area contributed by atoms with Gasteiger partial charge < -0.3 is 11.5 Å². The molecule has 2 heterocycles. The fraction of sp³-hybridized carbons (Fsp3) is 0.385. The van der Waals surface area contributed by atoms with E-state index in [2.05, 4.69) is 10.2 Å². The molecule has 4 N–H and O–H groups in total. The molecule has 8 heteroatoms. The molecular weight excluding hydrogens is 272 g/mol. The number of carbonyl (C=O) groups is 2. The molecule has 0 radical (unpaired) electrons. The lowest BCUT2D eigenvalue weighted by molar-refractivity contribution is 0.246. The molecular formula is C13H18N6O2. The molecule has 0 aliphatic heterocycles. The zero-order valence-corrected chi connectivity index (χ0v) is 12.5. The smallest absolute Gasteiger partial charge is 0.339 e. The summed E-state index contributed by atoms with van der Waals surface area (Å²) in [6.07, 6.45) is 0.510. The van der Waals surface area contributed by atoms with E-state index in [1.54, 1.807) is 13.8 Å². The van der Waals surface area contributed by atoms with Gasteiger partial charge in [-0.15, -0.1) is 0 Å². The summed E-state index contributed by atoms with van der Waals surface area (Å²) < 4.78 is 2.35. The van der Waals surface area contributed by atoms with E-state index in [4.69, 9.17) is 11.5 Å². The molecule has 8 nitrogen and oxygen atoms in total. The Labute approximate surface area is 121 Å². The number of amides is 2. The van der Waals surface area contributed by atoms with Crippen molar-refractivity contribution in [2.45, 2.75) is 34.1 Å². The lowest BCUT2D eigenvalue weighted by atomic mass is 10.0. The van der Waals surface area contributed by atoms with Gasteiger partial charge in [0, 0.05) is 28.9 Å². The van der Waals surface area contributed by atoms with Crippen molar-refractivity contribution < 1.29 is 9.59 Å². The Morgan fingerprint density at radius 1 is 0.857 bits per heavy atom. The van der Waals surface area contributed by atoms with Crippen molar-refractivity contribution in [3.8, 4) is 0 Å². The summed E-state index contributed by atoms with van der Waals surface area (Å²) in [5.74, 6) is 0. The molecule has 0 bridgehead atoms. The molecule has 0 aliphatic carbocycles. The number of aromatic nitrogens is 4. The maximum absolute atomic E-state index is 11.3. The second-order valence-electron chi connectivity index (χ2n) is 4.98. The third-order valence-electron chi connectivity index (χ3n) is 3.65. The van der Waals surface area contributed by atoms with Crippen molar-refractivity contribution in [2.75, 3.05) is 0 Å². The molecule has 2 aromatic rings. The second-order valence-corrected chi connectivity index (χ2v) is 4.98. The minimum atomic E-state index is -0.622. The van der Waals surface area contributed by atoms with Crippen molar-refractivity contribution >= 4 is 12.1 Å². The summed E-state index contributed by atoms with van der Waals surface area (Å²) in [6, 6.07) is -1.24. The van der Waals surface area contributed by atoms with Crippen LogP contribution in [0.25, 0.3) is 0 Å². The first-order chi connectivity index (χ1) is 9.73. The number of rotatable bonds is 2. The standard InChI is InChI=1S/C13H18N6O2/c1-6-10(8(3)18(16-6)12(14)20)5-11-7(2)17-19(9(11)4)13(15)21/h5H2,1-4H3,(H2,14,20)(H2,15,21). The zero-order chi connectivity index (χ0) is 15.9. The third-order valence-corrected chi connectivity index (χ3v) is 3.65. The highest BCUT2D eigenvalue weighted by Gasteiger charge is 2.20. The minimum Gasteiger partial charge on any atom is -0.350 e. The van der Waals surface area contributed by atoms with Crippen LogP contribution in [0.3, 0.4) is 0 Å². The van der Waals surface area contributed by atoms with Crippen LogP contribution in [0.4, 0.5) is 9.59 Å². The minimum absolute atomic E-state index is 0.510. The van der Waals surface area contributed by atoms with Crippen LogP contribution in [0.2, 0.25) is 0 Å². The Morgan fingerprint density at radius 2 is 1.19 bits per heavy atom. The highest BCUT2D eigenvalue weighted by atomic mass is 16.2. The van der Waals surface area contributed by atoms with Gasteiger partial charge in [0.05, 0.1) is 11.4 Å². The van der Waals surface area contributed by atoms with E-state index >= 15 is 0 Å². The number of hydrogen-bond acceptors (Lipinski definition) is 4. The number of nitrogens with two attached hydrogens (primary N) is 2. The Morgan fingerprint density at radius 3 is 1.43 bits per heavy atom. The summed E-state index contributed by atoms with van der Waals surface area (Å²) >= 11 is 0. The average molecular weight is 290 g/mol. The van der Waals surface area contributed by atoms with Crippen molar-refractivity contribution in [2.24, 2.45) is 11.5 Å². The van der Waals surface area contributed by atoms with Crippen LogP contribution >= 0.6 is 0 Å². The van der Waals surface area contributed by atoms with Crippen LogP contribution in [0, 0.1) is 27.7 Å². The molecule has 2 amide bonds. The number of hydrogen-bond donors (Lipinski definition) is 2. The van der Waals surface area contributed by atoms with Crippen molar-refractivity contribution in [1.29, 1.82) is 0 Å². The maximum Gasteiger partial charge on any atom is 0.339 e. The summed E-state index contributed by atoms with van der Waals surface area (Å²) in [4.78, 5) is 22.6. The van der Waals surface area contributed by atoms with Gasteiger partial charge in [-0.1, -0.05) is 0 Å². The maximum atomic E-state index is 11.3. The number of aryl methyl sites for hydroxylation is 2. The van der Waals surface area contributed by atoms with Crippen LogP contribution in [-0.4, -0.2) is 31.6 Å². The molecule has 0 spiro atoms.